The second-order valence-corrected chi connectivity index (χ2v) is 9.35. The zero-order valence-corrected chi connectivity index (χ0v) is 19.7. The van der Waals surface area contributed by atoms with Crippen molar-refractivity contribution in [3.8, 4) is 5.75 Å². The number of amides is 2. The molecule has 0 N–H and O–H groups in total. The lowest BCUT2D eigenvalue weighted by Gasteiger charge is -2.53. The normalized spacial score (nSPS) is 23.1. The molecule has 1 fully saturated rings. The van der Waals surface area contributed by atoms with E-state index in [1.807, 2.05) is 104 Å². The summed E-state index contributed by atoms with van der Waals surface area (Å²) >= 11 is 0. The molecule has 3 aromatic rings. The molecule has 5 rings (SSSR count). The van der Waals surface area contributed by atoms with Gasteiger partial charge in [-0.2, -0.15) is 0 Å². The fraction of sp³-hybridized carbons (Fsp3) is 0.310. The molecule has 0 spiro atoms. The van der Waals surface area contributed by atoms with Gasteiger partial charge in [-0.15, -0.1) is 0 Å². The Kier molecular flexibility index (Phi) is 5.86. The Balaban J connectivity index is 1.54. The van der Waals surface area contributed by atoms with Crippen molar-refractivity contribution in [1.29, 1.82) is 0 Å². The predicted molar refractivity (Wildman–Crippen MR) is 131 cm³/mol. The summed E-state index contributed by atoms with van der Waals surface area (Å²) in [5.41, 5.74) is 2.28. The Hall–Kier alpha value is -3.60. The van der Waals surface area contributed by atoms with E-state index in [2.05, 4.69) is 0 Å². The highest BCUT2D eigenvalue weighted by Gasteiger charge is 2.56. The Bertz CT molecular complexity index is 1140. The Labute approximate surface area is 201 Å². The lowest BCUT2D eigenvalue weighted by Crippen LogP contribution is -2.64. The van der Waals surface area contributed by atoms with E-state index in [1.165, 1.54) is 0 Å². The van der Waals surface area contributed by atoms with Gasteiger partial charge >= 0.3 is 0 Å². The van der Waals surface area contributed by atoms with Crippen LogP contribution in [0.1, 0.15) is 42.9 Å². The molecular formula is C29H30N2O3. The van der Waals surface area contributed by atoms with Gasteiger partial charge in [0.15, 0.2) is 5.72 Å². The first-order valence-corrected chi connectivity index (χ1v) is 12.0. The standard InChI is InChI=1S/C29H30N2O3/c1-3-31-28(33)26(24-18-29(31,2)34-25-17-11-10-16-23(24)25)27(32)30(19-21-12-6-4-7-13-21)20-22-14-8-5-9-15-22/h4-17,24,26H,3,18-20H2,1-2H3/t24-,26+,29-/m0/s1. The molecule has 0 aromatic heterocycles. The number of piperidine rings is 1. The minimum Gasteiger partial charge on any atom is -0.468 e. The summed E-state index contributed by atoms with van der Waals surface area (Å²) in [4.78, 5) is 31.6. The predicted octanol–water partition coefficient (Wildman–Crippen LogP) is 4.98. The first kappa shape index (κ1) is 22.2. The molecule has 2 aliphatic rings. The number of hydrogen-bond donors (Lipinski definition) is 0. The van der Waals surface area contributed by atoms with E-state index in [1.54, 1.807) is 4.90 Å². The average Bonchev–Trinajstić information content (AvgIpc) is 2.84. The van der Waals surface area contributed by atoms with Crippen LogP contribution >= 0.6 is 0 Å². The topological polar surface area (TPSA) is 49.9 Å². The molecule has 0 radical (unpaired) electrons. The van der Waals surface area contributed by atoms with E-state index >= 15 is 0 Å². The lowest BCUT2D eigenvalue weighted by molar-refractivity contribution is -0.178. The van der Waals surface area contributed by atoms with Gasteiger partial charge in [-0.3, -0.25) is 9.59 Å². The van der Waals surface area contributed by atoms with Crippen LogP contribution in [-0.2, 0) is 22.7 Å². The number of fused-ring (bicyclic) bond motifs is 4. The Morgan fingerprint density at radius 2 is 1.50 bits per heavy atom. The summed E-state index contributed by atoms with van der Waals surface area (Å²) < 4.78 is 6.32. The van der Waals surface area contributed by atoms with Crippen LogP contribution in [-0.4, -0.2) is 33.9 Å². The third-order valence-electron chi connectivity index (χ3n) is 7.08. The first-order chi connectivity index (χ1) is 16.5. The summed E-state index contributed by atoms with van der Waals surface area (Å²) in [6, 6.07) is 27.8. The summed E-state index contributed by atoms with van der Waals surface area (Å²) in [6.45, 7) is 5.30. The van der Waals surface area contributed by atoms with Crippen LogP contribution in [0.5, 0.6) is 5.75 Å². The van der Waals surface area contributed by atoms with Crippen LogP contribution < -0.4 is 4.74 Å². The monoisotopic (exact) mass is 454 g/mol. The van der Waals surface area contributed by atoms with Crippen molar-refractivity contribution in [2.45, 2.75) is 45.0 Å². The van der Waals surface area contributed by atoms with Gasteiger partial charge in [0.05, 0.1) is 0 Å². The van der Waals surface area contributed by atoms with Gasteiger partial charge < -0.3 is 14.5 Å². The zero-order chi connectivity index (χ0) is 23.7. The van der Waals surface area contributed by atoms with Crippen LogP contribution in [0.15, 0.2) is 84.9 Å². The number of hydrogen-bond acceptors (Lipinski definition) is 3. The highest BCUT2D eigenvalue weighted by molar-refractivity contribution is 6.02. The molecule has 2 heterocycles. The molecule has 2 bridgehead atoms. The van der Waals surface area contributed by atoms with E-state index < -0.39 is 11.6 Å². The van der Waals surface area contributed by atoms with Crippen LogP contribution in [0.25, 0.3) is 0 Å². The minimum absolute atomic E-state index is 0.125. The first-order valence-electron chi connectivity index (χ1n) is 12.0. The largest absolute Gasteiger partial charge is 0.468 e. The van der Waals surface area contributed by atoms with Crippen LogP contribution in [0.4, 0.5) is 0 Å². The number of nitrogens with zero attached hydrogens (tertiary/aromatic N) is 2. The van der Waals surface area contributed by atoms with Crippen molar-refractivity contribution >= 4 is 11.8 Å². The molecule has 2 aliphatic heterocycles. The number of para-hydroxylation sites is 1. The third-order valence-corrected chi connectivity index (χ3v) is 7.08. The Morgan fingerprint density at radius 1 is 0.941 bits per heavy atom. The molecule has 3 atom stereocenters. The van der Waals surface area contributed by atoms with Crippen LogP contribution in [0.3, 0.4) is 0 Å². The van der Waals surface area contributed by atoms with Gasteiger partial charge in [0.2, 0.25) is 11.8 Å². The van der Waals surface area contributed by atoms with Gasteiger partial charge in [-0.05, 0) is 36.6 Å². The van der Waals surface area contributed by atoms with E-state index in [-0.39, 0.29) is 17.7 Å². The number of ether oxygens (including phenoxy) is 1. The van der Waals surface area contributed by atoms with Crippen molar-refractivity contribution in [3.05, 3.63) is 102 Å². The molecule has 0 unspecified atom stereocenters. The summed E-state index contributed by atoms with van der Waals surface area (Å²) in [6.07, 6.45) is 0.602. The molecule has 0 aliphatic carbocycles. The quantitative estimate of drug-likeness (QED) is 0.494. The van der Waals surface area contributed by atoms with Crippen LogP contribution in [0, 0.1) is 5.92 Å². The van der Waals surface area contributed by atoms with E-state index in [9.17, 15) is 9.59 Å². The highest BCUT2D eigenvalue weighted by atomic mass is 16.5. The number of benzene rings is 3. The van der Waals surface area contributed by atoms with E-state index in [4.69, 9.17) is 4.74 Å². The second-order valence-electron chi connectivity index (χ2n) is 9.35. The summed E-state index contributed by atoms with van der Waals surface area (Å²) in [7, 11) is 0. The van der Waals surface area contributed by atoms with Crippen molar-refractivity contribution in [1.82, 2.24) is 9.80 Å². The fourth-order valence-corrected chi connectivity index (χ4v) is 5.50. The molecule has 0 saturated carbocycles. The number of rotatable bonds is 6. The molecule has 5 heteroatoms. The molecule has 34 heavy (non-hydrogen) atoms. The second kappa shape index (κ2) is 8.98. The maximum absolute atomic E-state index is 14.2. The molecule has 2 amide bonds. The SMILES string of the molecule is CCN1C(=O)[C@@H](C(=O)N(Cc2ccccc2)Cc2ccccc2)[C@H]2C[C@]1(C)Oc1ccccc12. The molecule has 174 valence electrons. The van der Waals surface area contributed by atoms with Crippen molar-refractivity contribution in [2.24, 2.45) is 5.92 Å². The van der Waals surface area contributed by atoms with Crippen molar-refractivity contribution < 1.29 is 14.3 Å². The van der Waals surface area contributed by atoms with Crippen molar-refractivity contribution in [2.75, 3.05) is 6.54 Å². The smallest absolute Gasteiger partial charge is 0.238 e. The zero-order valence-electron chi connectivity index (χ0n) is 19.7. The molecule has 1 saturated heterocycles. The maximum Gasteiger partial charge on any atom is 0.238 e. The van der Waals surface area contributed by atoms with Gasteiger partial charge in [0.25, 0.3) is 0 Å². The van der Waals surface area contributed by atoms with Crippen LogP contribution in [0.2, 0.25) is 0 Å². The molecule has 3 aromatic carbocycles. The Morgan fingerprint density at radius 3 is 2.09 bits per heavy atom. The van der Waals surface area contributed by atoms with Gasteiger partial charge in [0, 0.05) is 32.0 Å². The van der Waals surface area contributed by atoms with Crippen molar-refractivity contribution in [3.63, 3.8) is 0 Å². The third kappa shape index (κ3) is 3.96. The fourth-order valence-electron chi connectivity index (χ4n) is 5.50. The number of carbonyl (C=O) groups excluding carboxylic acids is 2. The lowest BCUT2D eigenvalue weighted by atomic mass is 9.73. The van der Waals surface area contributed by atoms with Gasteiger partial charge in [-0.1, -0.05) is 78.9 Å². The average molecular weight is 455 g/mol. The number of likely N-dealkylation sites (tertiary alicyclic amines) is 1. The summed E-state index contributed by atoms with van der Waals surface area (Å²) in [5, 5.41) is 0. The van der Waals surface area contributed by atoms with Gasteiger partial charge in [0.1, 0.15) is 11.7 Å². The van der Waals surface area contributed by atoms with Gasteiger partial charge in [-0.25, -0.2) is 0 Å². The molecule has 5 nitrogen and oxygen atoms in total. The molecular weight excluding hydrogens is 424 g/mol. The highest BCUT2D eigenvalue weighted by Crippen LogP contribution is 2.50. The van der Waals surface area contributed by atoms with E-state index in [0.29, 0.717) is 26.1 Å². The minimum atomic E-state index is -0.773. The number of carbonyl (C=O) groups is 2. The summed E-state index contributed by atoms with van der Waals surface area (Å²) in [5.74, 6) is -0.494. The van der Waals surface area contributed by atoms with E-state index in [0.717, 1.165) is 22.4 Å². The maximum atomic E-state index is 14.2.